The van der Waals surface area contributed by atoms with E-state index < -0.39 is 0 Å². The highest BCUT2D eigenvalue weighted by Gasteiger charge is 2.17. The van der Waals surface area contributed by atoms with Crippen LogP contribution in [0, 0.1) is 0 Å². The normalized spacial score (nSPS) is 15.0. The molecule has 132 valence electrons. The van der Waals surface area contributed by atoms with Crippen LogP contribution in [-0.2, 0) is 11.3 Å². The molecule has 0 unspecified atom stereocenters. The van der Waals surface area contributed by atoms with Crippen molar-refractivity contribution >= 4 is 17.5 Å². The van der Waals surface area contributed by atoms with Crippen molar-refractivity contribution in [1.82, 2.24) is 19.8 Å². The summed E-state index contributed by atoms with van der Waals surface area (Å²) < 4.78 is 0. The van der Waals surface area contributed by atoms with Gasteiger partial charge in [-0.3, -0.25) is 4.79 Å². The van der Waals surface area contributed by atoms with Crippen LogP contribution in [0.5, 0.6) is 0 Å². The lowest BCUT2D eigenvalue weighted by Gasteiger charge is -2.28. The van der Waals surface area contributed by atoms with Gasteiger partial charge in [-0.2, -0.15) is 0 Å². The number of nitrogens with zero attached hydrogens (tertiary/aromatic N) is 4. The molecule has 0 radical (unpaired) electrons. The molecule has 3 rings (SSSR count). The number of carbonyl (C=O) groups is 1. The van der Waals surface area contributed by atoms with E-state index in [9.17, 15) is 4.79 Å². The van der Waals surface area contributed by atoms with Crippen molar-refractivity contribution in [3.05, 3.63) is 47.2 Å². The van der Waals surface area contributed by atoms with Gasteiger partial charge in [-0.15, -0.1) is 0 Å². The van der Waals surface area contributed by atoms with Gasteiger partial charge >= 0.3 is 0 Å². The molecule has 0 N–H and O–H groups in total. The molecule has 1 fully saturated rings. The third kappa shape index (κ3) is 5.00. The Morgan fingerprint density at radius 1 is 1.16 bits per heavy atom. The Morgan fingerprint density at radius 2 is 1.88 bits per heavy atom. The minimum absolute atomic E-state index is 0.287. The number of hydrogen-bond donors (Lipinski definition) is 0. The van der Waals surface area contributed by atoms with E-state index in [1.807, 2.05) is 41.6 Å². The van der Waals surface area contributed by atoms with Crippen LogP contribution in [0.25, 0.3) is 11.4 Å². The first-order valence-corrected chi connectivity index (χ1v) is 9.03. The standard InChI is InChI=1S/C19H23ClN4O/c1-23(10-11-24-9-3-2-4-18(24)25)14-15-12-21-19(22-13-15)16-5-7-17(20)8-6-16/h5-8,12-13H,2-4,9-11,14H2,1H3. The molecular weight excluding hydrogens is 336 g/mol. The minimum Gasteiger partial charge on any atom is -0.341 e. The van der Waals surface area contributed by atoms with E-state index in [2.05, 4.69) is 21.9 Å². The Balaban J connectivity index is 1.52. The molecule has 0 spiro atoms. The summed E-state index contributed by atoms with van der Waals surface area (Å²) in [4.78, 5) is 24.9. The molecule has 1 saturated heterocycles. The lowest BCUT2D eigenvalue weighted by molar-refractivity contribution is -0.133. The van der Waals surface area contributed by atoms with Gasteiger partial charge in [0.15, 0.2) is 5.82 Å². The van der Waals surface area contributed by atoms with Crippen LogP contribution < -0.4 is 0 Å². The number of halogens is 1. The average Bonchev–Trinajstić information content (AvgIpc) is 2.62. The van der Waals surface area contributed by atoms with Crippen molar-refractivity contribution in [1.29, 1.82) is 0 Å². The number of benzene rings is 1. The summed E-state index contributed by atoms with van der Waals surface area (Å²) in [5.41, 5.74) is 2.01. The van der Waals surface area contributed by atoms with Crippen molar-refractivity contribution in [2.24, 2.45) is 0 Å². The van der Waals surface area contributed by atoms with Crippen LogP contribution in [0.1, 0.15) is 24.8 Å². The molecule has 1 aliphatic heterocycles. The number of carbonyl (C=O) groups excluding carboxylic acids is 1. The molecule has 0 saturated carbocycles. The Kier molecular flexibility index (Phi) is 6.00. The molecule has 25 heavy (non-hydrogen) atoms. The van der Waals surface area contributed by atoms with Gasteiger partial charge < -0.3 is 9.80 Å². The van der Waals surface area contributed by atoms with Crippen molar-refractivity contribution in [2.45, 2.75) is 25.8 Å². The van der Waals surface area contributed by atoms with Crippen LogP contribution >= 0.6 is 11.6 Å². The largest absolute Gasteiger partial charge is 0.341 e. The first kappa shape index (κ1) is 17.8. The Morgan fingerprint density at radius 3 is 2.56 bits per heavy atom. The molecule has 2 heterocycles. The van der Waals surface area contributed by atoms with Crippen molar-refractivity contribution < 1.29 is 4.79 Å². The quantitative estimate of drug-likeness (QED) is 0.795. The topological polar surface area (TPSA) is 49.3 Å². The fourth-order valence-electron chi connectivity index (χ4n) is 2.96. The summed E-state index contributed by atoms with van der Waals surface area (Å²) in [6, 6.07) is 7.51. The fraction of sp³-hybridized carbons (Fsp3) is 0.421. The molecular formula is C19H23ClN4O. The number of piperidine rings is 1. The first-order chi connectivity index (χ1) is 12.1. The predicted octanol–water partition coefficient (Wildman–Crippen LogP) is 3.24. The summed E-state index contributed by atoms with van der Waals surface area (Å²) in [6.45, 7) is 3.30. The van der Waals surface area contributed by atoms with Gasteiger partial charge in [0, 0.05) is 61.1 Å². The maximum Gasteiger partial charge on any atom is 0.222 e. The summed E-state index contributed by atoms with van der Waals surface area (Å²) in [7, 11) is 2.06. The van der Waals surface area contributed by atoms with E-state index in [4.69, 9.17) is 11.6 Å². The van der Waals surface area contributed by atoms with E-state index in [0.717, 1.165) is 50.1 Å². The van der Waals surface area contributed by atoms with Gasteiger partial charge in [0.25, 0.3) is 0 Å². The second-order valence-corrected chi connectivity index (χ2v) is 6.93. The Bertz CT molecular complexity index is 702. The average molecular weight is 359 g/mol. The number of amides is 1. The number of rotatable bonds is 6. The van der Waals surface area contributed by atoms with Gasteiger partial charge in [-0.05, 0) is 44.2 Å². The van der Waals surface area contributed by atoms with Crippen LogP contribution in [-0.4, -0.2) is 52.4 Å². The molecule has 2 aromatic rings. The first-order valence-electron chi connectivity index (χ1n) is 8.65. The van der Waals surface area contributed by atoms with E-state index >= 15 is 0 Å². The Labute approximate surface area is 153 Å². The molecule has 1 aromatic carbocycles. The maximum atomic E-state index is 11.8. The molecule has 0 bridgehead atoms. The van der Waals surface area contributed by atoms with Gasteiger partial charge in [0.1, 0.15) is 0 Å². The predicted molar refractivity (Wildman–Crippen MR) is 99.2 cm³/mol. The van der Waals surface area contributed by atoms with Crippen LogP contribution in [0.2, 0.25) is 5.02 Å². The molecule has 1 amide bonds. The van der Waals surface area contributed by atoms with Gasteiger partial charge in [0.05, 0.1) is 0 Å². The second kappa shape index (κ2) is 8.41. The van der Waals surface area contributed by atoms with E-state index in [1.165, 1.54) is 0 Å². The maximum absolute atomic E-state index is 11.8. The zero-order valence-electron chi connectivity index (χ0n) is 14.5. The lowest BCUT2D eigenvalue weighted by Crippen LogP contribution is -2.40. The van der Waals surface area contributed by atoms with Gasteiger partial charge in [0.2, 0.25) is 5.91 Å². The highest BCUT2D eigenvalue weighted by molar-refractivity contribution is 6.30. The number of likely N-dealkylation sites (tertiary alicyclic amines) is 1. The zero-order valence-corrected chi connectivity index (χ0v) is 15.2. The molecule has 1 aliphatic rings. The molecule has 0 atom stereocenters. The molecule has 0 aliphatic carbocycles. The van der Waals surface area contributed by atoms with Crippen LogP contribution in [0.4, 0.5) is 0 Å². The monoisotopic (exact) mass is 358 g/mol. The third-order valence-electron chi connectivity index (χ3n) is 4.43. The van der Waals surface area contributed by atoms with E-state index in [-0.39, 0.29) is 5.91 Å². The summed E-state index contributed by atoms with van der Waals surface area (Å²) in [6.07, 6.45) is 6.57. The van der Waals surface area contributed by atoms with E-state index in [0.29, 0.717) is 17.3 Å². The molecule has 6 heteroatoms. The SMILES string of the molecule is CN(CCN1CCCCC1=O)Cc1cnc(-c2ccc(Cl)cc2)nc1. The third-order valence-corrected chi connectivity index (χ3v) is 4.69. The Hall–Kier alpha value is -1.98. The van der Waals surface area contributed by atoms with E-state index in [1.54, 1.807) is 0 Å². The number of aromatic nitrogens is 2. The van der Waals surface area contributed by atoms with Crippen LogP contribution in [0.3, 0.4) is 0 Å². The molecule has 5 nitrogen and oxygen atoms in total. The van der Waals surface area contributed by atoms with Crippen molar-refractivity contribution in [3.8, 4) is 11.4 Å². The van der Waals surface area contributed by atoms with Crippen molar-refractivity contribution in [3.63, 3.8) is 0 Å². The smallest absolute Gasteiger partial charge is 0.222 e. The van der Waals surface area contributed by atoms with Crippen LogP contribution in [0.15, 0.2) is 36.7 Å². The van der Waals surface area contributed by atoms with Crippen molar-refractivity contribution in [2.75, 3.05) is 26.7 Å². The second-order valence-electron chi connectivity index (χ2n) is 6.50. The van der Waals surface area contributed by atoms with Gasteiger partial charge in [-0.1, -0.05) is 11.6 Å². The fourth-order valence-corrected chi connectivity index (χ4v) is 3.09. The summed E-state index contributed by atoms with van der Waals surface area (Å²) >= 11 is 5.91. The number of likely N-dealkylation sites (N-methyl/N-ethyl adjacent to an activating group) is 1. The number of hydrogen-bond acceptors (Lipinski definition) is 4. The highest BCUT2D eigenvalue weighted by atomic mass is 35.5. The molecule has 1 aromatic heterocycles. The highest BCUT2D eigenvalue weighted by Crippen LogP contribution is 2.18. The van der Waals surface area contributed by atoms with Gasteiger partial charge in [-0.25, -0.2) is 9.97 Å². The summed E-state index contributed by atoms with van der Waals surface area (Å²) in [5, 5.41) is 0.703. The summed E-state index contributed by atoms with van der Waals surface area (Å²) in [5.74, 6) is 0.984. The lowest BCUT2D eigenvalue weighted by atomic mass is 10.1. The minimum atomic E-state index is 0.287. The zero-order chi connectivity index (χ0) is 17.6.